The Kier molecular flexibility index (Phi) is 4.65. The third-order valence-corrected chi connectivity index (χ3v) is 4.44. The Morgan fingerprint density at radius 2 is 1.92 bits per heavy atom. The van der Waals surface area contributed by atoms with Crippen molar-refractivity contribution in [2.75, 3.05) is 6.54 Å². The van der Waals surface area contributed by atoms with E-state index in [4.69, 9.17) is 0 Å². The standard InChI is InChI=1S/C20H21N3O2/c1-13(15-7-5-4-6-8-15)12-21-19(24)16-9-10-18-17(11-16)22-14(2)20(25)23(18)3/h4-11,13H,12H2,1-3H3,(H,21,24)/t13-/m1/s1. The lowest BCUT2D eigenvalue weighted by Crippen LogP contribution is -2.27. The molecule has 0 fully saturated rings. The molecule has 1 atom stereocenters. The third kappa shape index (κ3) is 3.45. The van der Waals surface area contributed by atoms with E-state index in [0.717, 1.165) is 0 Å². The quantitative estimate of drug-likeness (QED) is 0.797. The van der Waals surface area contributed by atoms with Crippen LogP contribution in [-0.4, -0.2) is 22.0 Å². The Morgan fingerprint density at radius 1 is 1.20 bits per heavy atom. The minimum atomic E-state index is -0.141. The number of carbonyl (C=O) groups excluding carboxylic acids is 1. The van der Waals surface area contributed by atoms with Crippen LogP contribution in [0.15, 0.2) is 53.3 Å². The number of carbonyl (C=O) groups is 1. The zero-order chi connectivity index (χ0) is 18.0. The molecular weight excluding hydrogens is 314 g/mol. The third-order valence-electron chi connectivity index (χ3n) is 4.44. The predicted octanol–water partition coefficient (Wildman–Crippen LogP) is 2.78. The molecule has 0 aliphatic carbocycles. The highest BCUT2D eigenvalue weighted by molar-refractivity contribution is 5.97. The van der Waals surface area contributed by atoms with Gasteiger partial charge in [-0.25, -0.2) is 4.98 Å². The van der Waals surface area contributed by atoms with E-state index in [1.54, 1.807) is 36.7 Å². The maximum atomic E-state index is 12.5. The summed E-state index contributed by atoms with van der Waals surface area (Å²) in [5.74, 6) is 0.0878. The fraction of sp³-hybridized carbons (Fsp3) is 0.250. The Bertz CT molecular complexity index is 977. The Balaban J connectivity index is 1.78. The van der Waals surface area contributed by atoms with Crippen molar-refractivity contribution in [3.63, 3.8) is 0 Å². The number of amides is 1. The number of hydrogen-bond acceptors (Lipinski definition) is 3. The summed E-state index contributed by atoms with van der Waals surface area (Å²) in [4.78, 5) is 28.7. The summed E-state index contributed by atoms with van der Waals surface area (Å²) in [5, 5.41) is 2.97. The van der Waals surface area contributed by atoms with Crippen LogP contribution in [0.3, 0.4) is 0 Å². The van der Waals surface area contributed by atoms with Crippen LogP contribution < -0.4 is 10.9 Å². The molecule has 0 spiro atoms. The van der Waals surface area contributed by atoms with Crippen LogP contribution in [0, 0.1) is 6.92 Å². The van der Waals surface area contributed by atoms with Gasteiger partial charge in [0.25, 0.3) is 11.5 Å². The minimum absolute atomic E-state index is 0.124. The Labute approximate surface area is 146 Å². The fourth-order valence-electron chi connectivity index (χ4n) is 2.87. The maximum Gasteiger partial charge on any atom is 0.272 e. The Hall–Kier alpha value is -2.95. The van der Waals surface area contributed by atoms with Gasteiger partial charge in [0.2, 0.25) is 0 Å². The predicted molar refractivity (Wildman–Crippen MR) is 98.9 cm³/mol. The summed E-state index contributed by atoms with van der Waals surface area (Å²) in [6, 6.07) is 15.3. The molecule has 1 aromatic heterocycles. The zero-order valence-electron chi connectivity index (χ0n) is 14.6. The van der Waals surface area contributed by atoms with Crippen molar-refractivity contribution in [2.24, 2.45) is 7.05 Å². The molecule has 1 amide bonds. The van der Waals surface area contributed by atoms with Crippen molar-refractivity contribution < 1.29 is 4.79 Å². The number of benzene rings is 2. The first-order valence-corrected chi connectivity index (χ1v) is 8.28. The van der Waals surface area contributed by atoms with Crippen LogP contribution in [0.2, 0.25) is 0 Å². The van der Waals surface area contributed by atoms with E-state index in [2.05, 4.69) is 29.4 Å². The van der Waals surface area contributed by atoms with E-state index in [1.807, 2.05) is 18.2 Å². The summed E-state index contributed by atoms with van der Waals surface area (Å²) in [6.45, 7) is 4.31. The van der Waals surface area contributed by atoms with Crippen LogP contribution in [0.5, 0.6) is 0 Å². The highest BCUT2D eigenvalue weighted by atomic mass is 16.1. The molecule has 5 nitrogen and oxygen atoms in total. The number of rotatable bonds is 4. The van der Waals surface area contributed by atoms with Gasteiger partial charge in [-0.05, 0) is 36.6 Å². The number of nitrogens with zero attached hydrogens (tertiary/aromatic N) is 2. The summed E-state index contributed by atoms with van der Waals surface area (Å²) in [5.41, 5.74) is 3.38. The SMILES string of the molecule is Cc1nc2cc(C(=O)NC[C@@H](C)c3ccccc3)ccc2n(C)c1=O. The monoisotopic (exact) mass is 335 g/mol. The highest BCUT2D eigenvalue weighted by Crippen LogP contribution is 2.15. The summed E-state index contributed by atoms with van der Waals surface area (Å²) >= 11 is 0. The van der Waals surface area contributed by atoms with Crippen LogP contribution in [0.1, 0.15) is 34.5 Å². The molecule has 0 bridgehead atoms. The highest BCUT2D eigenvalue weighted by Gasteiger charge is 2.12. The van der Waals surface area contributed by atoms with Crippen molar-refractivity contribution in [2.45, 2.75) is 19.8 Å². The van der Waals surface area contributed by atoms with E-state index in [0.29, 0.717) is 28.8 Å². The molecule has 128 valence electrons. The molecule has 3 aromatic rings. The first-order valence-electron chi connectivity index (χ1n) is 8.28. The number of aromatic nitrogens is 2. The molecule has 3 rings (SSSR count). The molecule has 1 N–H and O–H groups in total. The van der Waals surface area contributed by atoms with Gasteiger partial charge in [0.15, 0.2) is 0 Å². The molecule has 2 aromatic carbocycles. The van der Waals surface area contributed by atoms with Gasteiger partial charge in [-0.3, -0.25) is 9.59 Å². The lowest BCUT2D eigenvalue weighted by atomic mass is 10.0. The fourth-order valence-corrected chi connectivity index (χ4v) is 2.87. The van der Waals surface area contributed by atoms with Gasteiger partial charge < -0.3 is 9.88 Å². The molecule has 0 aliphatic heterocycles. The van der Waals surface area contributed by atoms with Crippen molar-refractivity contribution in [1.29, 1.82) is 0 Å². The lowest BCUT2D eigenvalue weighted by Gasteiger charge is -2.13. The van der Waals surface area contributed by atoms with Gasteiger partial charge in [-0.15, -0.1) is 0 Å². The van der Waals surface area contributed by atoms with Crippen molar-refractivity contribution in [1.82, 2.24) is 14.9 Å². The van der Waals surface area contributed by atoms with E-state index in [9.17, 15) is 9.59 Å². The minimum Gasteiger partial charge on any atom is -0.351 e. The van der Waals surface area contributed by atoms with Gasteiger partial charge >= 0.3 is 0 Å². The maximum absolute atomic E-state index is 12.5. The molecular formula is C20H21N3O2. The zero-order valence-corrected chi connectivity index (χ0v) is 14.6. The van der Waals surface area contributed by atoms with Crippen LogP contribution in [0.4, 0.5) is 0 Å². The number of hydrogen-bond donors (Lipinski definition) is 1. The average molecular weight is 335 g/mol. The molecule has 0 unspecified atom stereocenters. The van der Waals surface area contributed by atoms with E-state index in [-0.39, 0.29) is 17.4 Å². The molecule has 5 heteroatoms. The van der Waals surface area contributed by atoms with Gasteiger partial charge in [-0.2, -0.15) is 0 Å². The van der Waals surface area contributed by atoms with Crippen LogP contribution in [0.25, 0.3) is 11.0 Å². The van der Waals surface area contributed by atoms with Crippen LogP contribution in [-0.2, 0) is 7.05 Å². The number of nitrogens with one attached hydrogen (secondary N) is 1. The van der Waals surface area contributed by atoms with Crippen molar-refractivity contribution >= 4 is 16.9 Å². The molecule has 0 radical (unpaired) electrons. The molecule has 0 saturated carbocycles. The van der Waals surface area contributed by atoms with Crippen molar-refractivity contribution in [3.8, 4) is 0 Å². The first-order chi connectivity index (χ1) is 12.0. The van der Waals surface area contributed by atoms with Gasteiger partial charge in [0, 0.05) is 19.2 Å². The largest absolute Gasteiger partial charge is 0.351 e. The molecule has 0 saturated heterocycles. The van der Waals surface area contributed by atoms with Gasteiger partial charge in [0.1, 0.15) is 5.69 Å². The summed E-state index contributed by atoms with van der Waals surface area (Å²) < 4.78 is 1.55. The molecule has 0 aliphatic rings. The van der Waals surface area contributed by atoms with Gasteiger partial charge in [-0.1, -0.05) is 37.3 Å². The number of aryl methyl sites for hydroxylation is 2. The van der Waals surface area contributed by atoms with Gasteiger partial charge in [0.05, 0.1) is 11.0 Å². The summed E-state index contributed by atoms with van der Waals surface area (Å²) in [7, 11) is 1.71. The second kappa shape index (κ2) is 6.89. The second-order valence-corrected chi connectivity index (χ2v) is 6.29. The van der Waals surface area contributed by atoms with Crippen molar-refractivity contribution in [3.05, 3.63) is 75.7 Å². The Morgan fingerprint density at radius 3 is 2.64 bits per heavy atom. The first kappa shape index (κ1) is 16.9. The molecule has 25 heavy (non-hydrogen) atoms. The van der Waals surface area contributed by atoms with E-state index >= 15 is 0 Å². The smallest absolute Gasteiger partial charge is 0.272 e. The van der Waals surface area contributed by atoms with Crippen LogP contribution >= 0.6 is 0 Å². The average Bonchev–Trinajstić information content (AvgIpc) is 2.64. The normalized spacial score (nSPS) is 12.1. The van der Waals surface area contributed by atoms with E-state index < -0.39 is 0 Å². The lowest BCUT2D eigenvalue weighted by molar-refractivity contribution is 0.0952. The van der Waals surface area contributed by atoms with E-state index in [1.165, 1.54) is 5.56 Å². The molecule has 1 heterocycles. The summed E-state index contributed by atoms with van der Waals surface area (Å²) in [6.07, 6.45) is 0. The second-order valence-electron chi connectivity index (χ2n) is 6.29. The number of fused-ring (bicyclic) bond motifs is 1. The topological polar surface area (TPSA) is 64.0 Å².